The summed E-state index contributed by atoms with van der Waals surface area (Å²) in [6.07, 6.45) is 2.07. The first-order valence-corrected chi connectivity index (χ1v) is 10.3. The number of methoxy groups -OCH3 is 1. The van der Waals surface area contributed by atoms with Crippen LogP contribution >= 0.6 is 11.6 Å². The summed E-state index contributed by atoms with van der Waals surface area (Å²) in [5, 5.41) is 6.73. The number of amides is 1. The van der Waals surface area contributed by atoms with Gasteiger partial charge in [-0.3, -0.25) is 9.59 Å². The summed E-state index contributed by atoms with van der Waals surface area (Å²) in [5.41, 5.74) is 4.32. The van der Waals surface area contributed by atoms with Crippen LogP contribution in [0.1, 0.15) is 37.7 Å². The lowest BCUT2D eigenvalue weighted by atomic mass is 9.75. The van der Waals surface area contributed by atoms with E-state index in [0.717, 1.165) is 29.8 Å². The van der Waals surface area contributed by atoms with Crippen molar-refractivity contribution < 1.29 is 14.3 Å². The van der Waals surface area contributed by atoms with Gasteiger partial charge in [0.05, 0.1) is 12.1 Å². The van der Waals surface area contributed by atoms with Crippen LogP contribution < -0.4 is 15.4 Å². The first-order chi connectivity index (χ1) is 14.5. The highest BCUT2D eigenvalue weighted by molar-refractivity contribution is 6.32. The van der Waals surface area contributed by atoms with Gasteiger partial charge in [-0.15, -0.1) is 0 Å². The second kappa shape index (κ2) is 8.36. The minimum Gasteiger partial charge on any atom is -0.495 e. The lowest BCUT2D eigenvalue weighted by Crippen LogP contribution is -2.35. The van der Waals surface area contributed by atoms with Crippen molar-refractivity contribution in [3.05, 3.63) is 81.7 Å². The minimum atomic E-state index is -0.485. The van der Waals surface area contributed by atoms with E-state index in [-0.39, 0.29) is 11.7 Å². The van der Waals surface area contributed by atoms with E-state index in [9.17, 15) is 9.59 Å². The molecule has 2 N–H and O–H groups in total. The summed E-state index contributed by atoms with van der Waals surface area (Å²) < 4.78 is 5.27. The average Bonchev–Trinajstić information content (AvgIpc) is 2.73. The van der Waals surface area contributed by atoms with Gasteiger partial charge >= 0.3 is 0 Å². The molecule has 1 atom stereocenters. The maximum Gasteiger partial charge on any atom is 0.254 e. The lowest BCUT2D eigenvalue weighted by Gasteiger charge is -2.34. The molecule has 1 heterocycles. The fourth-order valence-electron chi connectivity index (χ4n) is 4.20. The summed E-state index contributed by atoms with van der Waals surface area (Å²) in [6.45, 7) is 1.88. The molecule has 0 radical (unpaired) electrons. The van der Waals surface area contributed by atoms with Crippen molar-refractivity contribution >= 4 is 29.0 Å². The third-order valence-corrected chi connectivity index (χ3v) is 5.86. The number of hydrogen-bond donors (Lipinski definition) is 2. The number of Topliss-reactive ketones (excluding diaryl/α,β-unsaturated/α-hetero) is 1. The number of rotatable bonds is 4. The number of dihydropyridines is 1. The van der Waals surface area contributed by atoms with Crippen LogP contribution in [-0.4, -0.2) is 18.8 Å². The molecule has 6 heteroatoms. The number of hydrogen-bond acceptors (Lipinski definition) is 4. The van der Waals surface area contributed by atoms with Crippen LogP contribution in [0.15, 0.2) is 71.1 Å². The highest BCUT2D eigenvalue weighted by Gasteiger charge is 2.38. The number of para-hydroxylation sites is 1. The molecular formula is C24H23ClN2O3. The molecule has 0 aromatic heterocycles. The number of benzene rings is 2. The molecule has 2 aromatic carbocycles. The zero-order chi connectivity index (χ0) is 21.3. The van der Waals surface area contributed by atoms with Crippen molar-refractivity contribution in [1.29, 1.82) is 0 Å². The maximum absolute atomic E-state index is 13.4. The van der Waals surface area contributed by atoms with Crippen molar-refractivity contribution in [2.45, 2.75) is 32.1 Å². The molecule has 1 amide bonds. The molecule has 1 aliphatic heterocycles. The smallest absolute Gasteiger partial charge is 0.254 e. The normalized spacial score (nSPS) is 18.6. The van der Waals surface area contributed by atoms with Crippen molar-refractivity contribution in [2.24, 2.45) is 0 Å². The molecule has 4 rings (SSSR count). The van der Waals surface area contributed by atoms with Gasteiger partial charge < -0.3 is 15.4 Å². The van der Waals surface area contributed by atoms with Gasteiger partial charge in [0, 0.05) is 40.6 Å². The molecular weight excluding hydrogens is 400 g/mol. The molecule has 5 nitrogen and oxygen atoms in total. The second-order valence-corrected chi connectivity index (χ2v) is 7.89. The van der Waals surface area contributed by atoms with Gasteiger partial charge in [-0.2, -0.15) is 0 Å². The number of ketones is 1. The molecule has 0 bridgehead atoms. The molecule has 2 aromatic rings. The third kappa shape index (κ3) is 3.73. The van der Waals surface area contributed by atoms with Gasteiger partial charge in [0.1, 0.15) is 5.75 Å². The summed E-state index contributed by atoms with van der Waals surface area (Å²) in [6, 6.07) is 14.7. The van der Waals surface area contributed by atoms with E-state index in [4.69, 9.17) is 16.3 Å². The molecule has 154 valence electrons. The van der Waals surface area contributed by atoms with Gasteiger partial charge in [-0.05, 0) is 49.6 Å². The molecule has 30 heavy (non-hydrogen) atoms. The zero-order valence-electron chi connectivity index (χ0n) is 16.9. The Morgan fingerprint density at radius 3 is 2.63 bits per heavy atom. The van der Waals surface area contributed by atoms with Crippen LogP contribution in [0.3, 0.4) is 0 Å². The SMILES string of the molecule is COc1ccc([C@H]2C(C(=O)Nc3ccccc3)=C(C)NC3=C2C(=O)CCC3)cc1Cl. The Hall–Kier alpha value is -3.05. The first-order valence-electron chi connectivity index (χ1n) is 9.93. The van der Waals surface area contributed by atoms with E-state index in [0.29, 0.717) is 34.0 Å². The summed E-state index contributed by atoms with van der Waals surface area (Å²) >= 11 is 6.40. The van der Waals surface area contributed by atoms with Crippen LogP contribution in [0, 0.1) is 0 Å². The number of carbonyl (C=O) groups is 2. The number of carbonyl (C=O) groups excluding carboxylic acids is 2. The lowest BCUT2D eigenvalue weighted by molar-refractivity contribution is -0.116. The quantitative estimate of drug-likeness (QED) is 0.731. The number of anilines is 1. The monoisotopic (exact) mass is 422 g/mol. The van der Waals surface area contributed by atoms with Gasteiger partial charge in [0.2, 0.25) is 0 Å². The van der Waals surface area contributed by atoms with Crippen LogP contribution in [-0.2, 0) is 9.59 Å². The fraction of sp³-hybridized carbons (Fsp3) is 0.250. The van der Waals surface area contributed by atoms with E-state index in [2.05, 4.69) is 10.6 Å². The Kier molecular flexibility index (Phi) is 5.64. The maximum atomic E-state index is 13.4. The Morgan fingerprint density at radius 2 is 1.93 bits per heavy atom. The first kappa shape index (κ1) is 20.2. The topological polar surface area (TPSA) is 67.4 Å². The van der Waals surface area contributed by atoms with E-state index in [1.54, 1.807) is 19.2 Å². The molecule has 0 unspecified atom stereocenters. The van der Waals surface area contributed by atoms with Gasteiger partial charge in [-0.25, -0.2) is 0 Å². The Bertz CT molecular complexity index is 1070. The Morgan fingerprint density at radius 1 is 1.17 bits per heavy atom. The number of nitrogens with one attached hydrogen (secondary N) is 2. The van der Waals surface area contributed by atoms with E-state index >= 15 is 0 Å². The largest absolute Gasteiger partial charge is 0.495 e. The van der Waals surface area contributed by atoms with Crippen LogP contribution in [0.5, 0.6) is 5.75 Å². The molecule has 1 aliphatic carbocycles. The molecule has 0 saturated carbocycles. The number of halogens is 1. The molecule has 0 spiro atoms. The fourth-order valence-corrected chi connectivity index (χ4v) is 4.47. The Balaban J connectivity index is 1.81. The predicted molar refractivity (Wildman–Crippen MR) is 118 cm³/mol. The summed E-state index contributed by atoms with van der Waals surface area (Å²) in [7, 11) is 1.56. The van der Waals surface area contributed by atoms with Gasteiger partial charge in [-0.1, -0.05) is 35.9 Å². The van der Waals surface area contributed by atoms with Crippen LogP contribution in [0.2, 0.25) is 5.02 Å². The highest BCUT2D eigenvalue weighted by atomic mass is 35.5. The van der Waals surface area contributed by atoms with E-state index in [1.807, 2.05) is 43.3 Å². The van der Waals surface area contributed by atoms with Crippen LogP contribution in [0.25, 0.3) is 0 Å². The summed E-state index contributed by atoms with van der Waals surface area (Å²) in [4.78, 5) is 26.3. The number of ether oxygens (including phenoxy) is 1. The van der Waals surface area contributed by atoms with Crippen LogP contribution in [0.4, 0.5) is 5.69 Å². The average molecular weight is 423 g/mol. The van der Waals surface area contributed by atoms with E-state index < -0.39 is 5.92 Å². The minimum absolute atomic E-state index is 0.0678. The van der Waals surface area contributed by atoms with E-state index in [1.165, 1.54) is 0 Å². The molecule has 0 fully saturated rings. The highest BCUT2D eigenvalue weighted by Crippen LogP contribution is 2.43. The predicted octanol–water partition coefficient (Wildman–Crippen LogP) is 4.96. The Labute approximate surface area is 180 Å². The van der Waals surface area contributed by atoms with Gasteiger partial charge in [0.15, 0.2) is 5.78 Å². The van der Waals surface area contributed by atoms with Crippen molar-refractivity contribution in [3.63, 3.8) is 0 Å². The van der Waals surface area contributed by atoms with Gasteiger partial charge in [0.25, 0.3) is 5.91 Å². The molecule has 0 saturated heterocycles. The second-order valence-electron chi connectivity index (χ2n) is 7.48. The van der Waals surface area contributed by atoms with Crippen molar-refractivity contribution in [2.75, 3.05) is 12.4 Å². The molecule has 2 aliphatic rings. The zero-order valence-corrected chi connectivity index (χ0v) is 17.7. The third-order valence-electron chi connectivity index (χ3n) is 5.56. The van der Waals surface area contributed by atoms with Crippen molar-refractivity contribution in [3.8, 4) is 5.75 Å². The standard InChI is InChI=1S/C24H23ClN2O3/c1-14-21(24(29)27-16-7-4-3-5-8-16)22(15-11-12-20(30-2)17(25)13-15)23-18(26-14)9-6-10-19(23)28/h3-5,7-8,11-13,22,26H,6,9-10H2,1-2H3,(H,27,29)/t22-/m0/s1. The summed E-state index contributed by atoms with van der Waals surface area (Å²) in [5.74, 6) is -0.109. The number of allylic oxidation sites excluding steroid dienone is 3. The van der Waals surface area contributed by atoms with Crippen molar-refractivity contribution in [1.82, 2.24) is 5.32 Å².